The first-order valence-electron chi connectivity index (χ1n) is 7.48. The first-order valence-corrected chi connectivity index (χ1v) is 7.48. The molecule has 21 heavy (non-hydrogen) atoms. The van der Waals surface area contributed by atoms with Gasteiger partial charge >= 0.3 is 0 Å². The summed E-state index contributed by atoms with van der Waals surface area (Å²) >= 11 is 0. The first kappa shape index (κ1) is 15.7. The van der Waals surface area contributed by atoms with Crippen LogP contribution in [0.2, 0.25) is 0 Å². The third kappa shape index (κ3) is 4.16. The zero-order valence-corrected chi connectivity index (χ0v) is 13.1. The van der Waals surface area contributed by atoms with E-state index in [0.29, 0.717) is 0 Å². The van der Waals surface area contributed by atoms with E-state index < -0.39 is 0 Å². The Morgan fingerprint density at radius 3 is 2.52 bits per heavy atom. The van der Waals surface area contributed by atoms with E-state index in [4.69, 9.17) is 10.2 Å². The van der Waals surface area contributed by atoms with Gasteiger partial charge in [-0.1, -0.05) is 39.0 Å². The molecular weight excluding hydrogens is 262 g/mol. The van der Waals surface area contributed by atoms with E-state index in [1.165, 1.54) is 5.56 Å². The molecule has 0 spiro atoms. The summed E-state index contributed by atoms with van der Waals surface area (Å²) in [6, 6.07) is 10.2. The molecule has 1 heterocycles. The third-order valence-electron chi connectivity index (χ3n) is 3.35. The Kier molecular flexibility index (Phi) is 5.15. The molecule has 0 radical (unpaired) electrons. The van der Waals surface area contributed by atoms with Gasteiger partial charge in [0.15, 0.2) is 0 Å². The maximum atomic E-state index is 8.84. The quantitative estimate of drug-likeness (QED) is 0.803. The fourth-order valence-corrected chi connectivity index (χ4v) is 2.31. The molecule has 0 bridgehead atoms. The van der Waals surface area contributed by atoms with E-state index in [9.17, 15) is 0 Å². The van der Waals surface area contributed by atoms with E-state index in [-0.39, 0.29) is 12.0 Å². The second-order valence-electron chi connectivity index (χ2n) is 6.29. The molecule has 0 saturated heterocycles. The van der Waals surface area contributed by atoms with Crippen molar-refractivity contribution in [3.63, 3.8) is 0 Å². The van der Waals surface area contributed by atoms with Crippen LogP contribution in [-0.2, 0) is 12.0 Å². The molecule has 4 heteroatoms. The molecule has 2 rings (SSSR count). The number of rotatable bonds is 6. The van der Waals surface area contributed by atoms with Crippen molar-refractivity contribution in [2.24, 2.45) is 0 Å². The van der Waals surface area contributed by atoms with Crippen LogP contribution < -0.4 is 5.32 Å². The lowest BCUT2D eigenvalue weighted by molar-refractivity contribution is 0.286. The van der Waals surface area contributed by atoms with Gasteiger partial charge in [-0.25, -0.2) is 4.68 Å². The second-order valence-corrected chi connectivity index (χ2v) is 6.29. The number of hydrogen-bond donors (Lipinski definition) is 2. The molecule has 1 aromatic heterocycles. The molecule has 2 aromatic rings. The summed E-state index contributed by atoms with van der Waals surface area (Å²) in [7, 11) is 0. The maximum Gasteiger partial charge on any atom is 0.0727 e. The highest BCUT2D eigenvalue weighted by Crippen LogP contribution is 2.25. The van der Waals surface area contributed by atoms with Gasteiger partial charge in [-0.3, -0.25) is 0 Å². The number of aliphatic hydroxyl groups excluding tert-OH is 1. The van der Waals surface area contributed by atoms with Crippen molar-refractivity contribution in [3.05, 3.63) is 47.8 Å². The van der Waals surface area contributed by atoms with E-state index in [2.05, 4.69) is 44.4 Å². The highest BCUT2D eigenvalue weighted by atomic mass is 16.3. The fourth-order valence-electron chi connectivity index (χ4n) is 2.31. The largest absolute Gasteiger partial charge is 0.396 e. The molecule has 0 aliphatic heterocycles. The smallest absolute Gasteiger partial charge is 0.0727 e. The van der Waals surface area contributed by atoms with Crippen LogP contribution in [0.5, 0.6) is 0 Å². The van der Waals surface area contributed by atoms with Crippen molar-refractivity contribution < 1.29 is 5.11 Å². The molecule has 0 saturated carbocycles. The minimum absolute atomic E-state index is 0.00796. The fraction of sp³-hybridized carbons (Fsp3) is 0.471. The Morgan fingerprint density at radius 1 is 1.19 bits per heavy atom. The van der Waals surface area contributed by atoms with Gasteiger partial charge in [-0.2, -0.15) is 5.10 Å². The van der Waals surface area contributed by atoms with Crippen LogP contribution in [0.4, 0.5) is 0 Å². The van der Waals surface area contributed by atoms with Crippen LogP contribution in [-0.4, -0.2) is 28.0 Å². The van der Waals surface area contributed by atoms with Crippen LogP contribution in [0.3, 0.4) is 0 Å². The van der Waals surface area contributed by atoms with Crippen LogP contribution in [0, 0.1) is 0 Å². The predicted octanol–water partition coefficient (Wildman–Crippen LogP) is 2.64. The summed E-state index contributed by atoms with van der Waals surface area (Å²) in [6.07, 6.45) is 2.87. The molecule has 0 amide bonds. The Morgan fingerprint density at radius 2 is 1.90 bits per heavy atom. The second kappa shape index (κ2) is 6.87. The van der Waals surface area contributed by atoms with Crippen molar-refractivity contribution in [1.82, 2.24) is 15.1 Å². The van der Waals surface area contributed by atoms with Crippen molar-refractivity contribution in [1.29, 1.82) is 0 Å². The average Bonchev–Trinajstić information content (AvgIpc) is 2.89. The maximum absolute atomic E-state index is 8.84. The van der Waals surface area contributed by atoms with Crippen LogP contribution in [0.25, 0.3) is 5.69 Å². The van der Waals surface area contributed by atoms with E-state index in [1.54, 1.807) is 0 Å². The molecule has 0 aliphatic carbocycles. The number of para-hydroxylation sites is 1. The number of nitrogens with one attached hydrogen (secondary N) is 1. The van der Waals surface area contributed by atoms with E-state index in [1.807, 2.05) is 22.9 Å². The van der Waals surface area contributed by atoms with Crippen molar-refractivity contribution in [2.45, 2.75) is 39.2 Å². The summed E-state index contributed by atoms with van der Waals surface area (Å²) in [5.41, 5.74) is 3.41. The minimum atomic E-state index is 0.00796. The third-order valence-corrected chi connectivity index (χ3v) is 3.35. The van der Waals surface area contributed by atoms with Crippen molar-refractivity contribution in [3.8, 4) is 5.69 Å². The van der Waals surface area contributed by atoms with E-state index >= 15 is 0 Å². The Labute approximate surface area is 126 Å². The molecule has 0 unspecified atom stereocenters. The highest BCUT2D eigenvalue weighted by molar-refractivity contribution is 5.34. The van der Waals surface area contributed by atoms with Gasteiger partial charge in [0.05, 0.1) is 11.4 Å². The van der Waals surface area contributed by atoms with Crippen molar-refractivity contribution >= 4 is 0 Å². The van der Waals surface area contributed by atoms with Gasteiger partial charge in [0.2, 0.25) is 0 Å². The molecule has 4 nitrogen and oxygen atoms in total. The first-order chi connectivity index (χ1) is 10.0. The Balaban J connectivity index is 2.23. The Hall–Kier alpha value is -1.65. The SMILES string of the molecule is CC(C)(C)c1nn(-c2ccccc2)cc1CNCCCO. The standard InChI is InChI=1S/C17H25N3O/c1-17(2,3)16-14(12-18-10-7-11-21)13-20(19-16)15-8-5-4-6-9-15/h4-6,8-9,13,18,21H,7,10-12H2,1-3H3. The summed E-state index contributed by atoms with van der Waals surface area (Å²) in [6.45, 7) is 8.37. The molecule has 114 valence electrons. The minimum Gasteiger partial charge on any atom is -0.396 e. The Bertz CT molecular complexity index is 555. The van der Waals surface area contributed by atoms with Crippen LogP contribution >= 0.6 is 0 Å². The predicted molar refractivity (Wildman–Crippen MR) is 85.7 cm³/mol. The number of aromatic nitrogens is 2. The van der Waals surface area contributed by atoms with Gasteiger partial charge < -0.3 is 10.4 Å². The summed E-state index contributed by atoms with van der Waals surface area (Å²) in [4.78, 5) is 0. The topological polar surface area (TPSA) is 50.1 Å². The number of benzene rings is 1. The summed E-state index contributed by atoms with van der Waals surface area (Å²) in [5, 5.41) is 17.0. The average molecular weight is 287 g/mol. The summed E-state index contributed by atoms with van der Waals surface area (Å²) in [5.74, 6) is 0. The van der Waals surface area contributed by atoms with Crippen molar-refractivity contribution in [2.75, 3.05) is 13.2 Å². The highest BCUT2D eigenvalue weighted by Gasteiger charge is 2.22. The zero-order chi connectivity index (χ0) is 15.3. The molecule has 1 aromatic carbocycles. The molecule has 0 aliphatic rings. The monoisotopic (exact) mass is 287 g/mol. The van der Waals surface area contributed by atoms with Gasteiger partial charge in [-0.15, -0.1) is 0 Å². The molecular formula is C17H25N3O. The molecule has 0 fully saturated rings. The lowest BCUT2D eigenvalue weighted by atomic mass is 9.89. The normalized spacial score (nSPS) is 11.8. The molecule has 2 N–H and O–H groups in total. The lowest BCUT2D eigenvalue weighted by Gasteiger charge is -2.17. The molecule has 0 atom stereocenters. The van der Waals surface area contributed by atoms with Crippen LogP contribution in [0.15, 0.2) is 36.5 Å². The van der Waals surface area contributed by atoms with Gasteiger partial charge in [-0.05, 0) is 25.1 Å². The van der Waals surface area contributed by atoms with E-state index in [0.717, 1.165) is 30.9 Å². The van der Waals surface area contributed by atoms with Crippen LogP contribution in [0.1, 0.15) is 38.4 Å². The number of nitrogens with zero attached hydrogens (tertiary/aromatic N) is 2. The van der Waals surface area contributed by atoms with Gasteiger partial charge in [0.25, 0.3) is 0 Å². The van der Waals surface area contributed by atoms with Gasteiger partial charge in [0.1, 0.15) is 0 Å². The summed E-state index contributed by atoms with van der Waals surface area (Å²) < 4.78 is 1.95. The number of aliphatic hydroxyl groups is 1. The zero-order valence-electron chi connectivity index (χ0n) is 13.1. The number of hydrogen-bond acceptors (Lipinski definition) is 3. The lowest BCUT2D eigenvalue weighted by Crippen LogP contribution is -2.20. The van der Waals surface area contributed by atoms with Gasteiger partial charge in [0, 0.05) is 30.3 Å².